The number of hydrogen-bond donors (Lipinski definition) is 2. The van der Waals surface area contributed by atoms with Gasteiger partial charge in [-0.05, 0) is 31.2 Å². The van der Waals surface area contributed by atoms with Crippen LogP contribution in [0.15, 0.2) is 28.8 Å². The summed E-state index contributed by atoms with van der Waals surface area (Å²) in [6.45, 7) is 4.22. The molecule has 2 heterocycles. The predicted molar refractivity (Wildman–Crippen MR) is 77.3 cm³/mol. The lowest BCUT2D eigenvalue weighted by molar-refractivity contribution is 0.388. The normalized spacial score (nSPS) is 10.9. The minimum Gasteiger partial charge on any atom is -0.399 e. The number of benzene rings is 1. The van der Waals surface area contributed by atoms with Gasteiger partial charge in [0, 0.05) is 29.4 Å². The van der Waals surface area contributed by atoms with E-state index in [1.807, 2.05) is 31.2 Å². The maximum absolute atomic E-state index is 5.85. The van der Waals surface area contributed by atoms with Gasteiger partial charge in [-0.1, -0.05) is 5.16 Å². The first-order chi connectivity index (χ1) is 9.61. The highest BCUT2D eigenvalue weighted by Gasteiger charge is 2.07. The van der Waals surface area contributed by atoms with E-state index in [4.69, 9.17) is 10.3 Å². The first-order valence-corrected chi connectivity index (χ1v) is 6.32. The Labute approximate surface area is 116 Å². The predicted octanol–water partition coefficient (Wildman–Crippen LogP) is 2.43. The Balaban J connectivity index is 1.95. The van der Waals surface area contributed by atoms with Crippen molar-refractivity contribution in [1.82, 2.24) is 15.1 Å². The van der Waals surface area contributed by atoms with Gasteiger partial charge in [0.05, 0.1) is 12.1 Å². The van der Waals surface area contributed by atoms with Gasteiger partial charge in [0.1, 0.15) is 0 Å². The summed E-state index contributed by atoms with van der Waals surface area (Å²) in [6, 6.07) is 7.66. The van der Waals surface area contributed by atoms with E-state index in [2.05, 4.69) is 20.4 Å². The fourth-order valence-corrected chi connectivity index (χ4v) is 2.11. The largest absolute Gasteiger partial charge is 0.399 e. The molecule has 6 heteroatoms. The minimum atomic E-state index is 0.491. The Bertz CT molecular complexity index is 765. The van der Waals surface area contributed by atoms with Crippen molar-refractivity contribution in [3.05, 3.63) is 41.7 Å². The summed E-state index contributed by atoms with van der Waals surface area (Å²) in [7, 11) is 0. The Hall–Kier alpha value is -2.63. The Morgan fingerprint density at radius 1 is 1.20 bits per heavy atom. The third-order valence-electron chi connectivity index (χ3n) is 2.97. The third-order valence-corrected chi connectivity index (χ3v) is 2.97. The highest BCUT2D eigenvalue weighted by Crippen LogP contribution is 2.25. The highest BCUT2D eigenvalue weighted by molar-refractivity contribution is 5.93. The van der Waals surface area contributed by atoms with Crippen molar-refractivity contribution in [2.24, 2.45) is 0 Å². The number of aryl methyl sites for hydroxylation is 2. The number of hydrogen-bond acceptors (Lipinski definition) is 6. The fraction of sp³-hybridized carbons (Fsp3) is 0.214. The molecule has 0 unspecified atom stereocenters. The first-order valence-electron chi connectivity index (χ1n) is 6.32. The van der Waals surface area contributed by atoms with E-state index in [0.29, 0.717) is 23.9 Å². The van der Waals surface area contributed by atoms with Gasteiger partial charge in [0.25, 0.3) is 0 Å². The SMILES string of the molecule is Cc1cc(NCc2noc(C)n2)c2cc(N)ccc2n1. The van der Waals surface area contributed by atoms with Gasteiger partial charge in [-0.25, -0.2) is 0 Å². The van der Waals surface area contributed by atoms with E-state index in [9.17, 15) is 0 Å². The van der Waals surface area contributed by atoms with Crippen LogP contribution in [-0.2, 0) is 6.54 Å². The van der Waals surface area contributed by atoms with Crippen molar-refractivity contribution in [3.8, 4) is 0 Å². The summed E-state index contributed by atoms with van der Waals surface area (Å²) in [5, 5.41) is 8.15. The summed E-state index contributed by atoms with van der Waals surface area (Å²) in [6.07, 6.45) is 0. The van der Waals surface area contributed by atoms with Gasteiger partial charge >= 0.3 is 0 Å². The Kier molecular flexibility index (Phi) is 2.98. The number of pyridine rings is 1. The lowest BCUT2D eigenvalue weighted by Gasteiger charge is -2.09. The standard InChI is InChI=1S/C14H15N5O/c1-8-5-13(16-7-14-18-9(2)20-19-14)11-6-10(15)3-4-12(11)17-8/h3-6H,7,15H2,1-2H3,(H,16,17). The van der Waals surface area contributed by atoms with Gasteiger partial charge in [0.2, 0.25) is 5.89 Å². The van der Waals surface area contributed by atoms with Crippen LogP contribution < -0.4 is 11.1 Å². The van der Waals surface area contributed by atoms with E-state index in [-0.39, 0.29) is 0 Å². The number of rotatable bonds is 3. The van der Waals surface area contributed by atoms with Gasteiger partial charge in [-0.2, -0.15) is 4.98 Å². The average molecular weight is 269 g/mol. The number of aromatic nitrogens is 3. The number of nitrogens with one attached hydrogen (secondary N) is 1. The molecule has 1 aromatic carbocycles. The molecule has 20 heavy (non-hydrogen) atoms. The zero-order valence-electron chi connectivity index (χ0n) is 11.3. The van der Waals surface area contributed by atoms with Gasteiger partial charge in [0.15, 0.2) is 5.82 Å². The number of anilines is 2. The molecule has 102 valence electrons. The average Bonchev–Trinajstić information content (AvgIpc) is 2.82. The quantitative estimate of drug-likeness (QED) is 0.710. The van der Waals surface area contributed by atoms with Crippen molar-refractivity contribution < 1.29 is 4.52 Å². The molecule has 0 fully saturated rings. The molecule has 0 saturated heterocycles. The van der Waals surface area contributed by atoms with Crippen LogP contribution in [0.2, 0.25) is 0 Å². The van der Waals surface area contributed by atoms with E-state index >= 15 is 0 Å². The summed E-state index contributed by atoms with van der Waals surface area (Å²) in [5.74, 6) is 1.18. The Morgan fingerprint density at radius 2 is 2.05 bits per heavy atom. The highest BCUT2D eigenvalue weighted by atomic mass is 16.5. The molecule has 0 aliphatic carbocycles. The van der Waals surface area contributed by atoms with Crippen LogP contribution in [-0.4, -0.2) is 15.1 Å². The van der Waals surface area contributed by atoms with Crippen LogP contribution >= 0.6 is 0 Å². The molecule has 3 aromatic rings. The zero-order valence-corrected chi connectivity index (χ0v) is 11.3. The lowest BCUT2D eigenvalue weighted by Crippen LogP contribution is -2.03. The molecule has 2 aromatic heterocycles. The van der Waals surface area contributed by atoms with Crippen molar-refractivity contribution >= 4 is 22.3 Å². The molecule has 6 nitrogen and oxygen atoms in total. The van der Waals surface area contributed by atoms with Crippen LogP contribution in [0.25, 0.3) is 10.9 Å². The van der Waals surface area contributed by atoms with Crippen molar-refractivity contribution in [2.75, 3.05) is 11.1 Å². The Morgan fingerprint density at radius 3 is 2.80 bits per heavy atom. The molecule has 3 rings (SSSR count). The second kappa shape index (κ2) is 4.80. The molecule has 0 aliphatic rings. The fourth-order valence-electron chi connectivity index (χ4n) is 2.11. The van der Waals surface area contributed by atoms with Gasteiger partial charge in [-0.15, -0.1) is 0 Å². The first kappa shape index (κ1) is 12.4. The van der Waals surface area contributed by atoms with Crippen LogP contribution in [0.1, 0.15) is 17.4 Å². The molecule has 0 aliphatic heterocycles. The van der Waals surface area contributed by atoms with E-state index < -0.39 is 0 Å². The summed E-state index contributed by atoms with van der Waals surface area (Å²) >= 11 is 0. The third kappa shape index (κ3) is 2.40. The number of nitrogens with zero attached hydrogens (tertiary/aromatic N) is 3. The number of fused-ring (bicyclic) bond motifs is 1. The second-order valence-electron chi connectivity index (χ2n) is 4.67. The summed E-state index contributed by atoms with van der Waals surface area (Å²) in [5.41, 5.74) is 9.36. The maximum Gasteiger partial charge on any atom is 0.223 e. The van der Waals surface area contributed by atoms with E-state index in [0.717, 1.165) is 22.3 Å². The summed E-state index contributed by atoms with van der Waals surface area (Å²) < 4.78 is 4.95. The minimum absolute atomic E-state index is 0.491. The van der Waals surface area contributed by atoms with Crippen molar-refractivity contribution in [1.29, 1.82) is 0 Å². The molecule has 0 bridgehead atoms. The smallest absolute Gasteiger partial charge is 0.223 e. The molecule has 0 atom stereocenters. The summed E-state index contributed by atoms with van der Waals surface area (Å²) in [4.78, 5) is 8.66. The van der Waals surface area contributed by atoms with Gasteiger partial charge in [-0.3, -0.25) is 4.98 Å². The molecule has 0 spiro atoms. The molecule has 0 saturated carbocycles. The zero-order chi connectivity index (χ0) is 14.1. The van der Waals surface area contributed by atoms with E-state index in [1.54, 1.807) is 6.92 Å². The molecular formula is C14H15N5O. The lowest BCUT2D eigenvalue weighted by atomic mass is 10.1. The van der Waals surface area contributed by atoms with Crippen LogP contribution in [0.5, 0.6) is 0 Å². The molecule has 0 radical (unpaired) electrons. The topological polar surface area (TPSA) is 89.9 Å². The van der Waals surface area contributed by atoms with Crippen LogP contribution in [0, 0.1) is 13.8 Å². The van der Waals surface area contributed by atoms with Gasteiger partial charge < -0.3 is 15.6 Å². The number of nitrogens with two attached hydrogens (primary N) is 1. The number of nitrogen functional groups attached to an aromatic ring is 1. The van der Waals surface area contributed by atoms with Crippen LogP contribution in [0.4, 0.5) is 11.4 Å². The maximum atomic E-state index is 5.85. The second-order valence-corrected chi connectivity index (χ2v) is 4.67. The van der Waals surface area contributed by atoms with Crippen LogP contribution in [0.3, 0.4) is 0 Å². The molecular weight excluding hydrogens is 254 g/mol. The molecule has 3 N–H and O–H groups in total. The van der Waals surface area contributed by atoms with Crippen molar-refractivity contribution in [3.63, 3.8) is 0 Å². The molecule has 0 amide bonds. The van der Waals surface area contributed by atoms with Crippen molar-refractivity contribution in [2.45, 2.75) is 20.4 Å². The monoisotopic (exact) mass is 269 g/mol. The van der Waals surface area contributed by atoms with E-state index in [1.165, 1.54) is 0 Å².